The van der Waals surface area contributed by atoms with Crippen LogP contribution in [-0.2, 0) is 11.2 Å². The minimum Gasteiger partial charge on any atom is -0.355 e. The van der Waals surface area contributed by atoms with Crippen LogP contribution in [0.1, 0.15) is 32.3 Å². The van der Waals surface area contributed by atoms with Gasteiger partial charge in [0, 0.05) is 16.3 Å². The third-order valence-electron chi connectivity index (χ3n) is 3.03. The molecule has 1 aromatic carbocycles. The Morgan fingerprint density at radius 3 is 2.47 bits per heavy atom. The van der Waals surface area contributed by atoms with Crippen molar-refractivity contribution >= 4 is 37.8 Å². The quantitative estimate of drug-likeness (QED) is 0.690. The van der Waals surface area contributed by atoms with Crippen LogP contribution in [0.5, 0.6) is 0 Å². The van der Waals surface area contributed by atoms with Gasteiger partial charge in [0.05, 0.1) is 6.42 Å². The summed E-state index contributed by atoms with van der Waals surface area (Å²) >= 11 is 6.83. The zero-order valence-corrected chi connectivity index (χ0v) is 14.7. The molecule has 0 saturated carbocycles. The molecule has 0 fully saturated rings. The first-order valence-electron chi connectivity index (χ1n) is 6.50. The van der Waals surface area contributed by atoms with Gasteiger partial charge < -0.3 is 5.32 Å². The van der Waals surface area contributed by atoms with E-state index in [1.54, 1.807) is 0 Å². The number of hydrogen-bond donors (Lipinski definition) is 1. The molecular formula is C15H21Br2NO. The Balaban J connectivity index is 2.37. The molecule has 0 saturated heterocycles. The fourth-order valence-corrected chi connectivity index (χ4v) is 2.37. The van der Waals surface area contributed by atoms with Crippen LogP contribution >= 0.6 is 31.9 Å². The van der Waals surface area contributed by atoms with Crippen molar-refractivity contribution < 1.29 is 4.79 Å². The van der Waals surface area contributed by atoms with Crippen LogP contribution in [0.2, 0.25) is 0 Å². The van der Waals surface area contributed by atoms with Gasteiger partial charge in [-0.3, -0.25) is 4.79 Å². The summed E-state index contributed by atoms with van der Waals surface area (Å²) in [7, 11) is 0. The number of nitrogens with one attached hydrogen (secondary N) is 1. The first kappa shape index (κ1) is 16.7. The SMILES string of the molecule is CC(C)(CCCBr)CNC(=O)Cc1ccc(Br)cc1. The van der Waals surface area contributed by atoms with E-state index in [1.165, 1.54) is 0 Å². The second kappa shape index (κ2) is 8.05. The topological polar surface area (TPSA) is 29.1 Å². The van der Waals surface area contributed by atoms with E-state index in [0.717, 1.165) is 34.8 Å². The molecular weight excluding hydrogens is 370 g/mol. The molecule has 0 spiro atoms. The standard InChI is InChI=1S/C15H21Br2NO/c1-15(2,8-3-9-16)11-18-14(19)10-12-4-6-13(17)7-5-12/h4-7H,3,8-11H2,1-2H3,(H,18,19). The van der Waals surface area contributed by atoms with Crippen molar-refractivity contribution in [1.29, 1.82) is 0 Å². The third-order valence-corrected chi connectivity index (χ3v) is 4.12. The molecule has 4 heteroatoms. The molecule has 0 aliphatic rings. The molecule has 0 aromatic heterocycles. The largest absolute Gasteiger partial charge is 0.355 e. The van der Waals surface area contributed by atoms with Crippen LogP contribution in [0.3, 0.4) is 0 Å². The molecule has 0 aliphatic carbocycles. The normalized spacial score (nSPS) is 11.4. The van der Waals surface area contributed by atoms with Gasteiger partial charge in [-0.25, -0.2) is 0 Å². The van der Waals surface area contributed by atoms with Gasteiger partial charge in [-0.15, -0.1) is 0 Å². The predicted octanol–water partition coefficient (Wildman–Crippen LogP) is 4.31. The fraction of sp³-hybridized carbons (Fsp3) is 0.533. The maximum Gasteiger partial charge on any atom is 0.224 e. The molecule has 1 aromatic rings. The summed E-state index contributed by atoms with van der Waals surface area (Å²) in [4.78, 5) is 11.9. The lowest BCUT2D eigenvalue weighted by Crippen LogP contribution is -2.34. The Hall–Kier alpha value is -0.350. The van der Waals surface area contributed by atoms with E-state index in [2.05, 4.69) is 51.0 Å². The highest BCUT2D eigenvalue weighted by molar-refractivity contribution is 9.10. The second-order valence-electron chi connectivity index (χ2n) is 5.54. The average molecular weight is 391 g/mol. The van der Waals surface area contributed by atoms with Gasteiger partial charge in [0.2, 0.25) is 5.91 Å². The van der Waals surface area contributed by atoms with Crippen molar-refractivity contribution in [3.05, 3.63) is 34.3 Å². The van der Waals surface area contributed by atoms with Crippen LogP contribution in [0.25, 0.3) is 0 Å². The zero-order chi connectivity index (χ0) is 14.3. The van der Waals surface area contributed by atoms with Gasteiger partial charge in [0.25, 0.3) is 0 Å². The molecule has 1 amide bonds. The third kappa shape index (κ3) is 7.11. The molecule has 0 heterocycles. The summed E-state index contributed by atoms with van der Waals surface area (Å²) in [5.74, 6) is 0.0919. The number of carbonyl (C=O) groups is 1. The van der Waals surface area contributed by atoms with E-state index in [-0.39, 0.29) is 11.3 Å². The average Bonchev–Trinajstić information content (AvgIpc) is 2.37. The molecule has 1 rings (SSSR count). The van der Waals surface area contributed by atoms with E-state index in [4.69, 9.17) is 0 Å². The number of carbonyl (C=O) groups excluding carboxylic acids is 1. The predicted molar refractivity (Wildman–Crippen MR) is 87.7 cm³/mol. The number of hydrogen-bond acceptors (Lipinski definition) is 1. The minimum atomic E-state index is 0.0919. The van der Waals surface area contributed by atoms with Gasteiger partial charge in [-0.1, -0.05) is 57.8 Å². The van der Waals surface area contributed by atoms with E-state index >= 15 is 0 Å². The Morgan fingerprint density at radius 1 is 1.26 bits per heavy atom. The lowest BCUT2D eigenvalue weighted by Gasteiger charge is -2.24. The molecule has 1 N–H and O–H groups in total. The molecule has 2 nitrogen and oxygen atoms in total. The van der Waals surface area contributed by atoms with Crippen molar-refractivity contribution in [2.75, 3.05) is 11.9 Å². The molecule has 0 aliphatic heterocycles. The lowest BCUT2D eigenvalue weighted by molar-refractivity contribution is -0.120. The first-order chi connectivity index (χ1) is 8.93. The van der Waals surface area contributed by atoms with E-state index < -0.39 is 0 Å². The number of rotatable bonds is 7. The lowest BCUT2D eigenvalue weighted by atomic mass is 9.88. The van der Waals surface area contributed by atoms with Crippen molar-refractivity contribution in [2.45, 2.75) is 33.1 Å². The molecule has 0 bridgehead atoms. The summed E-state index contributed by atoms with van der Waals surface area (Å²) in [6.45, 7) is 5.11. The van der Waals surface area contributed by atoms with Gasteiger partial charge in [-0.2, -0.15) is 0 Å². The van der Waals surface area contributed by atoms with Gasteiger partial charge in [0.15, 0.2) is 0 Å². The van der Waals surface area contributed by atoms with E-state index in [0.29, 0.717) is 6.42 Å². The second-order valence-corrected chi connectivity index (χ2v) is 7.25. The van der Waals surface area contributed by atoms with Crippen LogP contribution in [0.4, 0.5) is 0 Å². The van der Waals surface area contributed by atoms with Gasteiger partial charge in [0.1, 0.15) is 0 Å². The summed E-state index contributed by atoms with van der Waals surface area (Å²) < 4.78 is 1.03. The number of halogens is 2. The fourth-order valence-electron chi connectivity index (χ4n) is 1.82. The number of alkyl halides is 1. The van der Waals surface area contributed by atoms with Crippen molar-refractivity contribution in [1.82, 2.24) is 5.32 Å². The minimum absolute atomic E-state index is 0.0919. The summed E-state index contributed by atoms with van der Waals surface area (Å²) in [6.07, 6.45) is 2.69. The van der Waals surface area contributed by atoms with Crippen LogP contribution in [0.15, 0.2) is 28.7 Å². The highest BCUT2D eigenvalue weighted by Crippen LogP contribution is 2.21. The Morgan fingerprint density at radius 2 is 1.89 bits per heavy atom. The Kier molecular flexibility index (Phi) is 7.08. The van der Waals surface area contributed by atoms with Crippen LogP contribution in [0, 0.1) is 5.41 Å². The summed E-state index contributed by atoms with van der Waals surface area (Å²) in [5, 5.41) is 4.05. The van der Waals surface area contributed by atoms with Gasteiger partial charge in [-0.05, 0) is 36.0 Å². The zero-order valence-electron chi connectivity index (χ0n) is 11.5. The van der Waals surface area contributed by atoms with Gasteiger partial charge >= 0.3 is 0 Å². The maximum atomic E-state index is 11.9. The molecule has 0 unspecified atom stereocenters. The van der Waals surface area contributed by atoms with Crippen molar-refractivity contribution in [3.8, 4) is 0 Å². The smallest absolute Gasteiger partial charge is 0.224 e. The number of amides is 1. The van der Waals surface area contributed by atoms with Crippen LogP contribution < -0.4 is 5.32 Å². The highest BCUT2D eigenvalue weighted by atomic mass is 79.9. The number of benzene rings is 1. The first-order valence-corrected chi connectivity index (χ1v) is 8.41. The van der Waals surface area contributed by atoms with E-state index in [1.807, 2.05) is 24.3 Å². The monoisotopic (exact) mass is 389 g/mol. The molecule has 106 valence electrons. The maximum absolute atomic E-state index is 11.9. The highest BCUT2D eigenvalue weighted by Gasteiger charge is 2.18. The summed E-state index contributed by atoms with van der Waals surface area (Å²) in [6, 6.07) is 7.87. The Labute approximate surface area is 132 Å². The summed E-state index contributed by atoms with van der Waals surface area (Å²) in [5.41, 5.74) is 1.20. The molecule has 0 radical (unpaired) electrons. The molecule has 0 atom stereocenters. The van der Waals surface area contributed by atoms with Crippen molar-refractivity contribution in [3.63, 3.8) is 0 Å². The molecule has 19 heavy (non-hydrogen) atoms. The van der Waals surface area contributed by atoms with Crippen LogP contribution in [-0.4, -0.2) is 17.8 Å². The van der Waals surface area contributed by atoms with Crippen molar-refractivity contribution in [2.24, 2.45) is 5.41 Å². The van der Waals surface area contributed by atoms with E-state index in [9.17, 15) is 4.79 Å². The Bertz CT molecular complexity index is 401.